The molecule has 29 heavy (non-hydrogen) atoms. The van der Waals surface area contributed by atoms with Crippen LogP contribution in [-0.4, -0.2) is 27.2 Å². The number of aromatic nitrogens is 3. The van der Waals surface area contributed by atoms with Gasteiger partial charge in [0, 0.05) is 24.0 Å². The Labute approximate surface area is 171 Å². The molecular weight excluding hydrogens is 389 g/mol. The van der Waals surface area contributed by atoms with Crippen LogP contribution >= 0.6 is 11.3 Å². The lowest BCUT2D eigenvalue weighted by atomic mass is 10.1. The number of hydrogen-bond acceptors (Lipinski definition) is 4. The molecule has 0 saturated heterocycles. The first-order chi connectivity index (χ1) is 14.0. The molecular formula is C21H20FN5OS. The number of nitrogens with one attached hydrogen (secondary N) is 2. The molecule has 8 heteroatoms. The maximum absolute atomic E-state index is 14.0. The predicted octanol–water partition coefficient (Wildman–Crippen LogP) is 4.58. The Morgan fingerprint density at radius 2 is 1.93 bits per heavy atom. The summed E-state index contributed by atoms with van der Waals surface area (Å²) in [4.78, 5) is 17.3. The topological polar surface area (TPSA) is 71.3 Å². The molecule has 2 amide bonds. The highest BCUT2D eigenvalue weighted by Gasteiger charge is 2.14. The minimum atomic E-state index is -0.350. The van der Waals surface area contributed by atoms with Gasteiger partial charge in [-0.1, -0.05) is 18.2 Å². The molecule has 2 N–H and O–H groups in total. The second-order valence-corrected chi connectivity index (χ2v) is 7.68. The number of amides is 2. The Balaban J connectivity index is 1.40. The van der Waals surface area contributed by atoms with Gasteiger partial charge in [0.15, 0.2) is 5.82 Å². The standard InChI is InChI=1S/C21H20FN5OS/c1-13-9-14(2)11-15(10-13)24-20(28)23-8-7-16-12-29-21-25-19(26-27(16)21)17-5-3-4-6-18(17)22/h3-6,9-12H,7-8H2,1-2H3,(H2,23,24,28). The molecule has 0 bridgehead atoms. The van der Waals surface area contributed by atoms with Gasteiger partial charge in [-0.2, -0.15) is 4.98 Å². The number of carbonyl (C=O) groups is 1. The first-order valence-corrected chi connectivity index (χ1v) is 10.1. The minimum absolute atomic E-state index is 0.257. The minimum Gasteiger partial charge on any atom is -0.337 e. The quantitative estimate of drug-likeness (QED) is 0.507. The van der Waals surface area contributed by atoms with Gasteiger partial charge in [0.1, 0.15) is 5.82 Å². The summed E-state index contributed by atoms with van der Waals surface area (Å²) in [5, 5.41) is 12.1. The van der Waals surface area contributed by atoms with Gasteiger partial charge in [-0.05, 0) is 49.2 Å². The van der Waals surface area contributed by atoms with Crippen LogP contribution in [0.15, 0.2) is 47.8 Å². The largest absolute Gasteiger partial charge is 0.337 e. The van der Waals surface area contributed by atoms with Crippen molar-refractivity contribution in [3.63, 3.8) is 0 Å². The summed E-state index contributed by atoms with van der Waals surface area (Å²) in [7, 11) is 0. The van der Waals surface area contributed by atoms with Crippen molar-refractivity contribution in [2.45, 2.75) is 20.3 Å². The Kier molecular flexibility index (Phi) is 5.26. The molecule has 0 radical (unpaired) electrons. The van der Waals surface area contributed by atoms with E-state index in [2.05, 4.69) is 26.8 Å². The van der Waals surface area contributed by atoms with E-state index in [1.807, 2.05) is 31.4 Å². The number of hydrogen-bond donors (Lipinski definition) is 2. The number of aryl methyl sites for hydroxylation is 2. The van der Waals surface area contributed by atoms with E-state index < -0.39 is 0 Å². The fraction of sp³-hybridized carbons (Fsp3) is 0.190. The number of urea groups is 1. The van der Waals surface area contributed by atoms with Gasteiger partial charge >= 0.3 is 6.03 Å². The van der Waals surface area contributed by atoms with Gasteiger partial charge in [0.05, 0.1) is 11.3 Å². The van der Waals surface area contributed by atoms with E-state index in [0.717, 1.165) is 22.5 Å². The number of fused-ring (bicyclic) bond motifs is 1. The average molecular weight is 409 g/mol. The van der Waals surface area contributed by atoms with Crippen LogP contribution in [0, 0.1) is 19.7 Å². The second-order valence-electron chi connectivity index (χ2n) is 6.84. The maximum atomic E-state index is 14.0. The lowest BCUT2D eigenvalue weighted by Gasteiger charge is -2.09. The van der Waals surface area contributed by atoms with Gasteiger partial charge in [0.2, 0.25) is 4.96 Å². The summed E-state index contributed by atoms with van der Waals surface area (Å²) >= 11 is 1.44. The van der Waals surface area contributed by atoms with E-state index in [-0.39, 0.29) is 11.8 Å². The molecule has 0 aliphatic heterocycles. The molecule has 4 aromatic rings. The molecule has 0 aliphatic carbocycles. The van der Waals surface area contributed by atoms with Gasteiger partial charge in [-0.25, -0.2) is 13.7 Å². The van der Waals surface area contributed by atoms with Crippen molar-refractivity contribution in [2.24, 2.45) is 0 Å². The third kappa shape index (κ3) is 4.27. The van der Waals surface area contributed by atoms with Crippen molar-refractivity contribution in [3.8, 4) is 11.4 Å². The summed E-state index contributed by atoms with van der Waals surface area (Å²) in [6.45, 7) is 4.43. The van der Waals surface area contributed by atoms with Gasteiger partial charge in [-0.3, -0.25) is 0 Å². The number of benzene rings is 2. The Morgan fingerprint density at radius 3 is 2.69 bits per heavy atom. The monoisotopic (exact) mass is 409 g/mol. The van der Waals surface area contributed by atoms with Crippen LogP contribution in [0.3, 0.4) is 0 Å². The lowest BCUT2D eigenvalue weighted by molar-refractivity contribution is 0.252. The first kappa shape index (κ1) is 19.1. The van der Waals surface area contributed by atoms with E-state index in [4.69, 9.17) is 0 Å². The number of nitrogens with zero attached hydrogens (tertiary/aromatic N) is 3. The van der Waals surface area contributed by atoms with Crippen LogP contribution in [-0.2, 0) is 6.42 Å². The normalized spacial score (nSPS) is 11.0. The fourth-order valence-electron chi connectivity index (χ4n) is 3.18. The van der Waals surface area contributed by atoms with E-state index in [1.165, 1.54) is 17.4 Å². The van der Waals surface area contributed by atoms with Gasteiger partial charge in [0.25, 0.3) is 0 Å². The summed E-state index contributed by atoms with van der Waals surface area (Å²) in [5.74, 6) is 0.00810. The van der Waals surface area contributed by atoms with Crippen LogP contribution in [0.4, 0.5) is 14.9 Å². The number of carbonyl (C=O) groups excluding carboxylic acids is 1. The molecule has 0 spiro atoms. The van der Waals surface area contributed by atoms with Crippen LogP contribution in [0.25, 0.3) is 16.3 Å². The zero-order valence-electron chi connectivity index (χ0n) is 16.1. The molecule has 2 aromatic heterocycles. The third-order valence-corrected chi connectivity index (χ3v) is 5.28. The first-order valence-electron chi connectivity index (χ1n) is 9.21. The van der Waals surface area contributed by atoms with Gasteiger partial charge < -0.3 is 10.6 Å². The lowest BCUT2D eigenvalue weighted by Crippen LogP contribution is -2.30. The number of thiazole rings is 1. The highest BCUT2D eigenvalue weighted by atomic mass is 32.1. The smallest absolute Gasteiger partial charge is 0.319 e. The molecule has 0 atom stereocenters. The molecule has 0 aliphatic rings. The van der Waals surface area contributed by atoms with Crippen LogP contribution in [0.5, 0.6) is 0 Å². The summed E-state index contributed by atoms with van der Waals surface area (Å²) < 4.78 is 15.7. The average Bonchev–Trinajstić information content (AvgIpc) is 3.23. The molecule has 0 saturated carbocycles. The fourth-order valence-corrected chi connectivity index (χ4v) is 4.04. The second kappa shape index (κ2) is 8.00. The molecule has 2 heterocycles. The summed E-state index contributed by atoms with van der Waals surface area (Å²) in [6, 6.07) is 12.1. The Hall–Kier alpha value is -3.26. The molecule has 6 nitrogen and oxygen atoms in total. The van der Waals surface area contributed by atoms with Crippen molar-refractivity contribution < 1.29 is 9.18 Å². The van der Waals surface area contributed by atoms with E-state index in [0.29, 0.717) is 29.3 Å². The molecule has 0 unspecified atom stereocenters. The molecule has 148 valence electrons. The van der Waals surface area contributed by atoms with Crippen LogP contribution in [0.1, 0.15) is 16.8 Å². The van der Waals surface area contributed by atoms with Crippen LogP contribution in [0.2, 0.25) is 0 Å². The van der Waals surface area contributed by atoms with Gasteiger partial charge in [-0.15, -0.1) is 16.4 Å². The highest BCUT2D eigenvalue weighted by molar-refractivity contribution is 7.15. The van der Waals surface area contributed by atoms with Crippen molar-refractivity contribution in [1.29, 1.82) is 0 Å². The van der Waals surface area contributed by atoms with Crippen molar-refractivity contribution in [3.05, 3.63) is 70.5 Å². The Bertz CT molecular complexity index is 1160. The van der Waals surface area contributed by atoms with E-state index >= 15 is 0 Å². The van der Waals surface area contributed by atoms with E-state index in [1.54, 1.807) is 22.7 Å². The molecule has 2 aromatic carbocycles. The third-order valence-electron chi connectivity index (χ3n) is 4.41. The SMILES string of the molecule is Cc1cc(C)cc(NC(=O)NCCc2csc3nc(-c4ccccc4F)nn23)c1. The van der Waals surface area contributed by atoms with E-state index in [9.17, 15) is 9.18 Å². The van der Waals surface area contributed by atoms with Crippen molar-refractivity contribution >= 4 is 28.0 Å². The number of anilines is 1. The summed E-state index contributed by atoms with van der Waals surface area (Å²) in [6.07, 6.45) is 0.584. The zero-order chi connectivity index (χ0) is 20.4. The van der Waals surface area contributed by atoms with Crippen LogP contribution < -0.4 is 10.6 Å². The highest BCUT2D eigenvalue weighted by Crippen LogP contribution is 2.23. The molecule has 0 fully saturated rings. The maximum Gasteiger partial charge on any atom is 0.319 e. The van der Waals surface area contributed by atoms with Crippen molar-refractivity contribution in [2.75, 3.05) is 11.9 Å². The zero-order valence-corrected chi connectivity index (χ0v) is 16.9. The number of rotatable bonds is 5. The predicted molar refractivity (Wildman–Crippen MR) is 113 cm³/mol. The van der Waals surface area contributed by atoms with Crippen molar-refractivity contribution in [1.82, 2.24) is 19.9 Å². The number of halogens is 1. The molecule has 4 rings (SSSR count). The summed E-state index contributed by atoms with van der Waals surface area (Å²) in [5.41, 5.74) is 4.24. The Morgan fingerprint density at radius 1 is 1.17 bits per heavy atom.